The molecular formula is C16H14F3N5O5S. The van der Waals surface area contributed by atoms with Crippen LogP contribution in [-0.4, -0.2) is 34.0 Å². The second-order valence-corrected chi connectivity index (χ2v) is 7.27. The summed E-state index contributed by atoms with van der Waals surface area (Å²) in [4.78, 5) is 16.4. The monoisotopic (exact) mass is 445 g/mol. The first kappa shape index (κ1) is 21.2. The lowest BCUT2D eigenvalue weighted by Crippen LogP contribution is -2.24. The summed E-state index contributed by atoms with van der Waals surface area (Å²) in [5.41, 5.74) is -0.115. The van der Waals surface area contributed by atoms with Crippen molar-refractivity contribution >= 4 is 16.0 Å². The van der Waals surface area contributed by atoms with Gasteiger partial charge in [0.05, 0.1) is 18.4 Å². The van der Waals surface area contributed by atoms with E-state index in [9.17, 15) is 31.5 Å². The van der Waals surface area contributed by atoms with Crippen LogP contribution in [0, 0.1) is 0 Å². The van der Waals surface area contributed by atoms with Crippen LogP contribution in [-0.2, 0) is 16.8 Å². The van der Waals surface area contributed by atoms with Gasteiger partial charge in [-0.1, -0.05) is 0 Å². The third kappa shape index (κ3) is 5.30. The lowest BCUT2D eigenvalue weighted by molar-refractivity contribution is -0.274. The molecule has 30 heavy (non-hydrogen) atoms. The van der Waals surface area contributed by atoms with Crippen LogP contribution in [0.2, 0.25) is 0 Å². The van der Waals surface area contributed by atoms with E-state index in [1.165, 1.54) is 30.5 Å². The van der Waals surface area contributed by atoms with Gasteiger partial charge in [0.1, 0.15) is 11.6 Å². The van der Waals surface area contributed by atoms with Gasteiger partial charge in [-0.2, -0.15) is 8.42 Å². The second kappa shape index (κ2) is 7.72. The highest BCUT2D eigenvalue weighted by Gasteiger charge is 2.31. The Hall–Kier alpha value is -3.52. The minimum atomic E-state index is -4.86. The van der Waals surface area contributed by atoms with Crippen molar-refractivity contribution in [2.75, 3.05) is 4.72 Å². The van der Waals surface area contributed by atoms with E-state index in [2.05, 4.69) is 9.72 Å². The number of nitrogens with zero attached hydrogens (tertiary/aromatic N) is 3. The van der Waals surface area contributed by atoms with Crippen LogP contribution in [0.15, 0.2) is 53.6 Å². The van der Waals surface area contributed by atoms with Gasteiger partial charge in [-0.15, -0.1) is 13.2 Å². The third-order valence-electron chi connectivity index (χ3n) is 3.69. The van der Waals surface area contributed by atoms with E-state index in [4.69, 9.17) is 5.14 Å². The predicted molar refractivity (Wildman–Crippen MR) is 98.4 cm³/mol. The molecule has 0 aliphatic rings. The Morgan fingerprint density at radius 3 is 2.47 bits per heavy atom. The van der Waals surface area contributed by atoms with Gasteiger partial charge in [0, 0.05) is 6.20 Å². The number of benzene rings is 1. The van der Waals surface area contributed by atoms with Gasteiger partial charge >= 0.3 is 12.1 Å². The first-order chi connectivity index (χ1) is 13.9. The molecule has 0 saturated heterocycles. The molecule has 0 aliphatic heterocycles. The van der Waals surface area contributed by atoms with Crippen LogP contribution < -0.4 is 20.3 Å². The van der Waals surface area contributed by atoms with Gasteiger partial charge in [0.2, 0.25) is 5.88 Å². The molecule has 0 radical (unpaired) electrons. The molecule has 10 nitrogen and oxygen atoms in total. The SMILES string of the molecule is NS(=O)(=O)Nc1cc(Cn2cc(O)n(-c3ccc(OC(F)(F)F)cc3)c2=O)ccn1. The molecule has 1 aromatic carbocycles. The van der Waals surface area contributed by atoms with E-state index in [0.29, 0.717) is 5.56 Å². The van der Waals surface area contributed by atoms with E-state index in [-0.39, 0.29) is 18.1 Å². The summed E-state index contributed by atoms with van der Waals surface area (Å²) >= 11 is 0. The molecule has 0 fully saturated rings. The molecule has 0 spiro atoms. The van der Waals surface area contributed by atoms with Crippen LogP contribution in [0.1, 0.15) is 5.56 Å². The van der Waals surface area contributed by atoms with Crippen LogP contribution in [0.4, 0.5) is 19.0 Å². The number of aromatic nitrogens is 3. The van der Waals surface area contributed by atoms with E-state index >= 15 is 0 Å². The zero-order valence-corrected chi connectivity index (χ0v) is 15.7. The van der Waals surface area contributed by atoms with E-state index in [1.54, 1.807) is 0 Å². The van der Waals surface area contributed by atoms with Crippen molar-refractivity contribution in [2.45, 2.75) is 12.9 Å². The summed E-state index contributed by atoms with van der Waals surface area (Å²) in [6.07, 6.45) is -2.44. The fourth-order valence-corrected chi connectivity index (χ4v) is 3.01. The van der Waals surface area contributed by atoms with Crippen molar-refractivity contribution in [1.29, 1.82) is 0 Å². The van der Waals surface area contributed by atoms with Crippen LogP contribution >= 0.6 is 0 Å². The summed E-state index contributed by atoms with van der Waals surface area (Å²) < 4.78 is 66.7. The molecule has 14 heteroatoms. The molecule has 0 aliphatic carbocycles. The lowest BCUT2D eigenvalue weighted by Gasteiger charge is -2.09. The number of hydrogen-bond donors (Lipinski definition) is 3. The van der Waals surface area contributed by atoms with E-state index in [1.807, 2.05) is 4.72 Å². The standard InChI is InChI=1S/C16H14F3N5O5S/c17-16(18,19)29-12-3-1-11(2-4-12)24-14(25)9-23(15(24)26)8-10-5-6-21-13(7-10)22-30(20,27)28/h1-7,9,25H,8H2,(H,21,22)(H2,20,27,28). The Kier molecular flexibility index (Phi) is 5.45. The number of imidazole rings is 1. The number of halogens is 3. The Morgan fingerprint density at radius 2 is 1.87 bits per heavy atom. The Morgan fingerprint density at radius 1 is 1.20 bits per heavy atom. The van der Waals surface area contributed by atoms with Crippen LogP contribution in [0.25, 0.3) is 5.69 Å². The fraction of sp³-hybridized carbons (Fsp3) is 0.125. The van der Waals surface area contributed by atoms with Gasteiger partial charge in [-0.3, -0.25) is 9.29 Å². The molecule has 2 heterocycles. The molecule has 0 saturated carbocycles. The van der Waals surface area contributed by atoms with Crippen molar-refractivity contribution in [2.24, 2.45) is 5.14 Å². The smallest absolute Gasteiger partial charge is 0.493 e. The van der Waals surface area contributed by atoms with Gasteiger partial charge in [0.15, 0.2) is 0 Å². The quantitative estimate of drug-likeness (QED) is 0.522. The van der Waals surface area contributed by atoms with Crippen LogP contribution in [0.5, 0.6) is 11.6 Å². The zero-order chi connectivity index (χ0) is 22.1. The summed E-state index contributed by atoms with van der Waals surface area (Å²) in [6, 6.07) is 7.20. The number of anilines is 1. The highest BCUT2D eigenvalue weighted by atomic mass is 32.2. The maximum absolute atomic E-state index is 12.6. The van der Waals surface area contributed by atoms with E-state index in [0.717, 1.165) is 27.5 Å². The summed E-state index contributed by atoms with van der Waals surface area (Å²) in [7, 11) is -4.03. The zero-order valence-electron chi connectivity index (χ0n) is 14.9. The van der Waals surface area contributed by atoms with Crippen LogP contribution in [0.3, 0.4) is 0 Å². The number of nitrogens with one attached hydrogen (secondary N) is 1. The fourth-order valence-electron chi connectivity index (χ4n) is 2.60. The van der Waals surface area contributed by atoms with Gasteiger partial charge in [-0.05, 0) is 42.0 Å². The molecule has 0 amide bonds. The number of alkyl halides is 3. The van der Waals surface area contributed by atoms with Crippen molar-refractivity contribution in [3.8, 4) is 17.3 Å². The molecular weight excluding hydrogens is 431 g/mol. The first-order valence-electron chi connectivity index (χ1n) is 8.04. The third-order valence-corrected chi connectivity index (χ3v) is 4.18. The first-order valence-corrected chi connectivity index (χ1v) is 9.59. The normalized spacial score (nSPS) is 12.0. The van der Waals surface area contributed by atoms with Gasteiger partial charge < -0.3 is 9.84 Å². The number of rotatable bonds is 6. The molecule has 3 rings (SSSR count). The minimum Gasteiger partial charge on any atom is -0.493 e. The number of aromatic hydroxyl groups is 1. The largest absolute Gasteiger partial charge is 0.573 e. The van der Waals surface area contributed by atoms with Crippen molar-refractivity contribution < 1.29 is 31.4 Å². The average molecular weight is 445 g/mol. The Labute approximate surface area is 167 Å². The maximum atomic E-state index is 12.6. The van der Waals surface area contributed by atoms with Crippen molar-refractivity contribution in [1.82, 2.24) is 14.1 Å². The molecule has 4 N–H and O–H groups in total. The van der Waals surface area contributed by atoms with E-state index < -0.39 is 33.9 Å². The molecule has 0 bridgehead atoms. The van der Waals surface area contributed by atoms with Gasteiger partial charge in [-0.25, -0.2) is 19.5 Å². The summed E-state index contributed by atoms with van der Waals surface area (Å²) in [5.74, 6) is -1.00. The summed E-state index contributed by atoms with van der Waals surface area (Å²) in [6.45, 7) is -0.0590. The lowest BCUT2D eigenvalue weighted by atomic mass is 10.2. The number of nitrogens with two attached hydrogens (primary N) is 1. The molecule has 2 aromatic heterocycles. The maximum Gasteiger partial charge on any atom is 0.573 e. The molecule has 3 aromatic rings. The number of pyridine rings is 1. The Balaban J connectivity index is 1.86. The van der Waals surface area contributed by atoms with Crippen molar-refractivity contribution in [3.05, 3.63) is 64.8 Å². The summed E-state index contributed by atoms with van der Waals surface area (Å²) in [5, 5.41) is 15.0. The molecule has 160 valence electrons. The minimum absolute atomic E-state index is 0.0590. The number of hydrogen-bond acceptors (Lipinski definition) is 6. The Bertz CT molecular complexity index is 1220. The highest BCUT2D eigenvalue weighted by Crippen LogP contribution is 2.24. The highest BCUT2D eigenvalue weighted by molar-refractivity contribution is 7.90. The second-order valence-electron chi connectivity index (χ2n) is 5.97. The average Bonchev–Trinajstić information content (AvgIpc) is 2.87. The molecule has 0 atom stereocenters. The molecule has 0 unspecified atom stereocenters. The number of ether oxygens (including phenoxy) is 1. The predicted octanol–water partition coefficient (Wildman–Crippen LogP) is 1.30. The van der Waals surface area contributed by atoms with Gasteiger partial charge in [0.25, 0.3) is 10.2 Å². The topological polar surface area (TPSA) is 141 Å². The van der Waals surface area contributed by atoms with Crippen molar-refractivity contribution in [3.63, 3.8) is 0 Å².